The second-order valence-electron chi connectivity index (χ2n) is 2.26. The average Bonchev–Trinajstić information content (AvgIpc) is 2.53. The third-order valence-corrected chi connectivity index (χ3v) is 1.52. The molecule has 4 nitrogen and oxygen atoms in total. The van der Waals surface area contributed by atoms with Crippen molar-refractivity contribution in [2.24, 2.45) is 0 Å². The molecule has 0 aliphatic carbocycles. The van der Waals surface area contributed by atoms with Crippen LogP contribution in [0.5, 0.6) is 0 Å². The van der Waals surface area contributed by atoms with Crippen LogP contribution < -0.4 is 0 Å². The van der Waals surface area contributed by atoms with E-state index in [9.17, 15) is 4.79 Å². The number of nitrogens with one attached hydrogen (secondary N) is 1. The summed E-state index contributed by atoms with van der Waals surface area (Å²) < 4.78 is 0. The minimum atomic E-state index is -0.0718. The van der Waals surface area contributed by atoms with E-state index in [-0.39, 0.29) is 5.91 Å². The third kappa shape index (κ3) is 1.58. The van der Waals surface area contributed by atoms with Crippen molar-refractivity contribution in [3.05, 3.63) is 18.2 Å². The first-order valence-corrected chi connectivity index (χ1v) is 3.50. The monoisotopic (exact) mass is 153 g/mol. The van der Waals surface area contributed by atoms with Gasteiger partial charge in [0, 0.05) is 26.0 Å². The molecule has 0 bridgehead atoms. The molecule has 0 atom stereocenters. The van der Waals surface area contributed by atoms with Gasteiger partial charge in [-0.3, -0.25) is 4.79 Å². The number of imidazole rings is 1. The molecule has 60 valence electrons. The highest BCUT2D eigenvalue weighted by atomic mass is 16.2. The van der Waals surface area contributed by atoms with Crippen LogP contribution in [-0.4, -0.2) is 34.4 Å². The molecule has 0 unspecified atom stereocenters. The van der Waals surface area contributed by atoms with E-state index < -0.39 is 0 Å². The lowest BCUT2D eigenvalue weighted by Crippen LogP contribution is -2.27. The second kappa shape index (κ2) is 3.18. The molecule has 1 rings (SSSR count). The topological polar surface area (TPSA) is 49.0 Å². The van der Waals surface area contributed by atoms with Crippen LogP contribution in [0.2, 0.25) is 0 Å². The van der Waals surface area contributed by atoms with E-state index in [1.807, 2.05) is 6.92 Å². The molecule has 0 spiro atoms. The van der Waals surface area contributed by atoms with Crippen LogP contribution >= 0.6 is 0 Å². The van der Waals surface area contributed by atoms with Crippen molar-refractivity contribution in [2.75, 3.05) is 13.6 Å². The van der Waals surface area contributed by atoms with Crippen LogP contribution in [0.15, 0.2) is 12.4 Å². The number of hydrogen-bond donors (Lipinski definition) is 1. The molecule has 1 aromatic heterocycles. The molecule has 0 aliphatic rings. The zero-order chi connectivity index (χ0) is 8.27. The molecule has 1 heterocycles. The molecule has 0 saturated carbocycles. The fourth-order valence-electron chi connectivity index (χ4n) is 0.707. The van der Waals surface area contributed by atoms with Crippen LogP contribution in [-0.2, 0) is 0 Å². The number of rotatable bonds is 2. The molecule has 0 radical (unpaired) electrons. The van der Waals surface area contributed by atoms with Gasteiger partial charge < -0.3 is 9.88 Å². The first-order chi connectivity index (χ1) is 5.25. The normalized spacial score (nSPS) is 9.64. The molecule has 1 amide bonds. The summed E-state index contributed by atoms with van der Waals surface area (Å²) in [6.45, 7) is 2.61. The maximum atomic E-state index is 11.3. The lowest BCUT2D eigenvalue weighted by Gasteiger charge is -2.11. The number of carbonyl (C=O) groups is 1. The highest BCUT2D eigenvalue weighted by Gasteiger charge is 2.10. The van der Waals surface area contributed by atoms with Crippen LogP contribution in [0, 0.1) is 0 Å². The van der Waals surface area contributed by atoms with E-state index in [0.29, 0.717) is 12.4 Å². The van der Waals surface area contributed by atoms with Crippen molar-refractivity contribution in [3.63, 3.8) is 0 Å². The van der Waals surface area contributed by atoms with Crippen molar-refractivity contribution in [1.82, 2.24) is 14.9 Å². The van der Waals surface area contributed by atoms with Crippen LogP contribution in [0.3, 0.4) is 0 Å². The van der Waals surface area contributed by atoms with Crippen LogP contribution in [0.25, 0.3) is 0 Å². The predicted octanol–water partition coefficient (Wildman–Crippen LogP) is 0.502. The molecule has 0 fully saturated rings. The highest BCUT2D eigenvalue weighted by molar-refractivity contribution is 5.90. The summed E-state index contributed by atoms with van der Waals surface area (Å²) in [5.41, 5.74) is 0. The molecule has 4 heteroatoms. The lowest BCUT2D eigenvalue weighted by molar-refractivity contribution is 0.0791. The smallest absolute Gasteiger partial charge is 0.289 e. The summed E-state index contributed by atoms with van der Waals surface area (Å²) >= 11 is 0. The summed E-state index contributed by atoms with van der Waals surface area (Å²) in [5.74, 6) is 0.326. The van der Waals surface area contributed by atoms with Gasteiger partial charge in [0.15, 0.2) is 5.82 Å². The maximum absolute atomic E-state index is 11.3. The fraction of sp³-hybridized carbons (Fsp3) is 0.429. The second-order valence-corrected chi connectivity index (χ2v) is 2.26. The van der Waals surface area contributed by atoms with E-state index in [1.54, 1.807) is 24.3 Å². The summed E-state index contributed by atoms with van der Waals surface area (Å²) in [6, 6.07) is 0. The van der Waals surface area contributed by atoms with Gasteiger partial charge in [0.1, 0.15) is 0 Å². The Bertz CT molecular complexity index is 230. The lowest BCUT2D eigenvalue weighted by atomic mass is 10.5. The molecule has 0 saturated heterocycles. The van der Waals surface area contributed by atoms with E-state index in [0.717, 1.165) is 0 Å². The SMILES string of the molecule is CCN(C)C(=O)c1ncc[nH]1. The summed E-state index contributed by atoms with van der Waals surface area (Å²) in [7, 11) is 1.74. The van der Waals surface area contributed by atoms with Crippen molar-refractivity contribution in [2.45, 2.75) is 6.92 Å². The Hall–Kier alpha value is -1.32. The van der Waals surface area contributed by atoms with Gasteiger partial charge in [-0.15, -0.1) is 0 Å². The molecule has 0 aromatic carbocycles. The number of hydrogen-bond acceptors (Lipinski definition) is 2. The number of amides is 1. The Balaban J connectivity index is 2.70. The maximum Gasteiger partial charge on any atom is 0.289 e. The first kappa shape index (κ1) is 7.78. The number of H-pyrrole nitrogens is 1. The summed E-state index contributed by atoms with van der Waals surface area (Å²) in [6.07, 6.45) is 3.20. The fourth-order valence-corrected chi connectivity index (χ4v) is 0.707. The van der Waals surface area contributed by atoms with Gasteiger partial charge in [-0.2, -0.15) is 0 Å². The van der Waals surface area contributed by atoms with Crippen molar-refractivity contribution >= 4 is 5.91 Å². The molecular weight excluding hydrogens is 142 g/mol. The number of nitrogens with zero attached hydrogens (tertiary/aromatic N) is 2. The molecule has 1 aromatic rings. The number of aromatic amines is 1. The predicted molar refractivity (Wildman–Crippen MR) is 41.2 cm³/mol. The van der Waals surface area contributed by atoms with E-state index in [1.165, 1.54) is 0 Å². The average molecular weight is 153 g/mol. The van der Waals surface area contributed by atoms with Gasteiger partial charge in [-0.25, -0.2) is 4.98 Å². The van der Waals surface area contributed by atoms with Gasteiger partial charge >= 0.3 is 0 Å². The van der Waals surface area contributed by atoms with Crippen molar-refractivity contribution < 1.29 is 4.79 Å². The van der Waals surface area contributed by atoms with Crippen LogP contribution in [0.4, 0.5) is 0 Å². The van der Waals surface area contributed by atoms with E-state index in [4.69, 9.17) is 0 Å². The van der Waals surface area contributed by atoms with Crippen LogP contribution in [0.1, 0.15) is 17.5 Å². The van der Waals surface area contributed by atoms with Crippen molar-refractivity contribution in [3.8, 4) is 0 Å². The molecule has 11 heavy (non-hydrogen) atoms. The van der Waals surface area contributed by atoms with E-state index >= 15 is 0 Å². The van der Waals surface area contributed by atoms with E-state index in [2.05, 4.69) is 9.97 Å². The zero-order valence-electron chi connectivity index (χ0n) is 6.66. The Morgan fingerprint density at radius 2 is 2.55 bits per heavy atom. The summed E-state index contributed by atoms with van der Waals surface area (Å²) in [5, 5.41) is 0. The van der Waals surface area contributed by atoms with Gasteiger partial charge in [-0.1, -0.05) is 0 Å². The molecule has 0 aliphatic heterocycles. The number of carbonyl (C=O) groups excluding carboxylic acids is 1. The van der Waals surface area contributed by atoms with Gasteiger partial charge in [0.25, 0.3) is 5.91 Å². The standard InChI is InChI=1S/C7H11N3O/c1-3-10(2)7(11)6-8-4-5-9-6/h4-5H,3H2,1-2H3,(H,8,9). The minimum absolute atomic E-state index is 0.0718. The molecule has 1 N–H and O–H groups in total. The number of aromatic nitrogens is 2. The quantitative estimate of drug-likeness (QED) is 0.672. The summed E-state index contributed by atoms with van der Waals surface area (Å²) in [4.78, 5) is 19.5. The Morgan fingerprint density at radius 1 is 1.82 bits per heavy atom. The minimum Gasteiger partial charge on any atom is -0.341 e. The van der Waals surface area contributed by atoms with Crippen molar-refractivity contribution in [1.29, 1.82) is 0 Å². The third-order valence-electron chi connectivity index (χ3n) is 1.52. The Labute approximate surface area is 65.2 Å². The van der Waals surface area contributed by atoms with Gasteiger partial charge in [-0.05, 0) is 6.92 Å². The first-order valence-electron chi connectivity index (χ1n) is 3.50. The van der Waals surface area contributed by atoms with Gasteiger partial charge in [0.2, 0.25) is 0 Å². The Morgan fingerprint density at radius 3 is 3.00 bits per heavy atom. The van der Waals surface area contributed by atoms with Gasteiger partial charge in [0.05, 0.1) is 0 Å². The Kier molecular flexibility index (Phi) is 2.25. The highest BCUT2D eigenvalue weighted by Crippen LogP contribution is 1.94. The largest absolute Gasteiger partial charge is 0.341 e. The molecular formula is C7H11N3O. The zero-order valence-corrected chi connectivity index (χ0v) is 6.66.